The molecule has 13 heteroatoms. The molecule has 0 unspecified atom stereocenters. The second kappa shape index (κ2) is 13.7. The van der Waals surface area contributed by atoms with Crippen molar-refractivity contribution >= 4 is 78.7 Å². The number of carbonyl (C=O) groups is 1. The SMILES string of the molecule is CCc1cc2c(=O)n(CC(=O)c3ccc(OC)cc3)c(=O)n(Cc3ccc(-c4ccccc4-c4noc(=O)[nH]4)cc3F)c2s1.[K]. The Morgan fingerprint density at radius 3 is 2.38 bits per heavy atom. The van der Waals surface area contributed by atoms with Gasteiger partial charge in [-0.1, -0.05) is 48.5 Å². The molecule has 1 radical (unpaired) electrons. The van der Waals surface area contributed by atoms with Crippen LogP contribution in [0.4, 0.5) is 4.39 Å². The monoisotopic (exact) mass is 651 g/mol. The summed E-state index contributed by atoms with van der Waals surface area (Å²) in [5.74, 6) is -0.936. The van der Waals surface area contributed by atoms with Crippen molar-refractivity contribution in [3.05, 3.63) is 126 Å². The number of Topliss-reactive ketones (excluding diaryl/α,β-unsaturated/α-hetero) is 1. The number of fused-ring (bicyclic) bond motifs is 1. The second-order valence-corrected chi connectivity index (χ2v) is 11.1. The standard InChI is InChI=1S/C32H25FN4O6S.K/c1-3-22-15-25-29(39)36(17-27(38)18-10-12-21(42-2)13-11-18)32(41)37(30(25)44-22)16-20-9-8-19(14-26(20)33)23-6-4-5-7-24(23)28-34-31(40)43-35-28;/h4-15H,3,16-17H2,1-2H3,(H,34,35,40);. The molecule has 6 rings (SSSR count). The number of ether oxygens (including phenoxy) is 1. The average Bonchev–Trinajstić information content (AvgIpc) is 3.68. The predicted molar refractivity (Wildman–Crippen MR) is 170 cm³/mol. The number of hydrogen-bond donors (Lipinski definition) is 1. The molecule has 3 aromatic carbocycles. The summed E-state index contributed by atoms with van der Waals surface area (Å²) >= 11 is 1.29. The molecular weight excluding hydrogens is 627 g/mol. The summed E-state index contributed by atoms with van der Waals surface area (Å²) in [6.07, 6.45) is 0.636. The number of nitrogens with zero attached hydrogens (tertiary/aromatic N) is 3. The molecule has 0 fully saturated rings. The molecule has 6 aromatic rings. The largest absolute Gasteiger partial charge is 0.497 e. The molecule has 3 heterocycles. The summed E-state index contributed by atoms with van der Waals surface area (Å²) < 4.78 is 27.7. The van der Waals surface area contributed by atoms with Crippen LogP contribution in [0, 0.1) is 5.82 Å². The summed E-state index contributed by atoms with van der Waals surface area (Å²) in [7, 11) is 1.51. The molecule has 10 nitrogen and oxygen atoms in total. The number of nitrogens with one attached hydrogen (secondary N) is 1. The van der Waals surface area contributed by atoms with E-state index in [1.807, 2.05) is 6.92 Å². The summed E-state index contributed by atoms with van der Waals surface area (Å²) in [6, 6.07) is 19.7. The average molecular weight is 652 g/mol. The van der Waals surface area contributed by atoms with Crippen LogP contribution in [0.5, 0.6) is 5.75 Å². The van der Waals surface area contributed by atoms with E-state index in [0.717, 1.165) is 9.44 Å². The fourth-order valence-electron chi connectivity index (χ4n) is 5.02. The molecule has 0 atom stereocenters. The number of rotatable bonds is 9. The van der Waals surface area contributed by atoms with Crippen molar-refractivity contribution in [1.82, 2.24) is 19.3 Å². The van der Waals surface area contributed by atoms with Crippen LogP contribution in [-0.2, 0) is 19.5 Å². The Bertz CT molecular complexity index is 2210. The topological polar surface area (TPSA) is 129 Å². The quantitative estimate of drug-likeness (QED) is 0.180. The number of hydrogen-bond acceptors (Lipinski definition) is 8. The predicted octanol–water partition coefficient (Wildman–Crippen LogP) is 4.50. The third kappa shape index (κ3) is 6.50. The number of ketones is 1. The van der Waals surface area contributed by atoms with Gasteiger partial charge in [0, 0.05) is 73.0 Å². The van der Waals surface area contributed by atoms with Gasteiger partial charge in [0.15, 0.2) is 11.6 Å². The normalized spacial score (nSPS) is 11.0. The molecule has 0 amide bonds. The summed E-state index contributed by atoms with van der Waals surface area (Å²) in [5.41, 5.74) is 0.918. The number of methoxy groups -OCH3 is 1. The van der Waals surface area contributed by atoms with Crippen LogP contribution in [0.25, 0.3) is 32.7 Å². The molecule has 0 aliphatic rings. The smallest absolute Gasteiger partial charge is 0.439 e. The summed E-state index contributed by atoms with van der Waals surface area (Å²) in [5, 5.41) is 4.04. The number of H-pyrrole nitrogens is 1. The van der Waals surface area contributed by atoms with E-state index in [0.29, 0.717) is 44.6 Å². The Morgan fingerprint density at radius 2 is 1.73 bits per heavy atom. The van der Waals surface area contributed by atoms with Gasteiger partial charge in [0.25, 0.3) is 5.56 Å². The molecule has 0 aliphatic heterocycles. The van der Waals surface area contributed by atoms with E-state index in [1.165, 1.54) is 29.1 Å². The Morgan fingerprint density at radius 1 is 1.00 bits per heavy atom. The van der Waals surface area contributed by atoms with Gasteiger partial charge in [-0.15, -0.1) is 11.3 Å². The zero-order valence-corrected chi connectivity index (χ0v) is 28.6. The second-order valence-electron chi connectivity index (χ2n) is 9.99. The summed E-state index contributed by atoms with van der Waals surface area (Å²) in [4.78, 5) is 55.6. The van der Waals surface area contributed by atoms with E-state index >= 15 is 4.39 Å². The third-order valence-corrected chi connectivity index (χ3v) is 8.63. The maximum Gasteiger partial charge on any atom is 0.439 e. The van der Waals surface area contributed by atoms with Gasteiger partial charge >= 0.3 is 11.4 Å². The fraction of sp³-hybridized carbons (Fsp3) is 0.156. The maximum atomic E-state index is 15.7. The number of carbonyl (C=O) groups excluding carboxylic acids is 1. The Labute approximate surface area is 301 Å². The van der Waals surface area contributed by atoms with Crippen LogP contribution in [0.2, 0.25) is 0 Å². The van der Waals surface area contributed by atoms with Crippen molar-refractivity contribution in [1.29, 1.82) is 0 Å². The molecule has 45 heavy (non-hydrogen) atoms. The van der Waals surface area contributed by atoms with Crippen LogP contribution in [-0.4, -0.2) is 83.6 Å². The molecular formula is C32H25FKN4O6S. The molecule has 1 N–H and O–H groups in total. The number of halogens is 1. The van der Waals surface area contributed by atoms with E-state index in [1.54, 1.807) is 66.7 Å². The first-order valence-electron chi connectivity index (χ1n) is 13.6. The maximum absolute atomic E-state index is 15.7. The zero-order chi connectivity index (χ0) is 31.0. The number of aromatic nitrogens is 4. The van der Waals surface area contributed by atoms with E-state index in [9.17, 15) is 19.2 Å². The van der Waals surface area contributed by atoms with Gasteiger partial charge in [-0.25, -0.2) is 14.0 Å². The molecule has 0 saturated heterocycles. The van der Waals surface area contributed by atoms with Gasteiger partial charge in [0.2, 0.25) is 0 Å². The van der Waals surface area contributed by atoms with Crippen molar-refractivity contribution < 1.29 is 18.4 Å². The van der Waals surface area contributed by atoms with E-state index in [-0.39, 0.29) is 69.3 Å². The minimum Gasteiger partial charge on any atom is -0.497 e. The Kier molecular flexibility index (Phi) is 9.96. The van der Waals surface area contributed by atoms with E-state index in [2.05, 4.69) is 14.7 Å². The van der Waals surface area contributed by atoms with Gasteiger partial charge in [-0.2, -0.15) is 0 Å². The van der Waals surface area contributed by atoms with Gasteiger partial charge in [0.05, 0.1) is 25.6 Å². The number of thiophene rings is 1. The number of aryl methyl sites for hydroxylation is 1. The van der Waals surface area contributed by atoms with Gasteiger partial charge < -0.3 is 4.74 Å². The molecule has 0 spiro atoms. The van der Waals surface area contributed by atoms with E-state index in [4.69, 9.17) is 4.74 Å². The first kappa shape index (κ1) is 32.7. The zero-order valence-electron chi connectivity index (χ0n) is 24.6. The van der Waals surface area contributed by atoms with Crippen LogP contribution in [0.3, 0.4) is 0 Å². The summed E-state index contributed by atoms with van der Waals surface area (Å²) in [6.45, 7) is 1.30. The van der Waals surface area contributed by atoms with Crippen molar-refractivity contribution in [2.45, 2.75) is 26.4 Å². The van der Waals surface area contributed by atoms with E-state index < -0.39 is 35.2 Å². The van der Waals surface area contributed by atoms with Crippen molar-refractivity contribution in [3.8, 4) is 28.3 Å². The minimum atomic E-state index is -0.710. The van der Waals surface area contributed by atoms with Crippen LogP contribution in [0.15, 0.2) is 91.7 Å². The fourth-order valence-corrected chi connectivity index (χ4v) is 6.09. The molecule has 3 aromatic heterocycles. The molecule has 0 saturated carbocycles. The van der Waals surface area contributed by atoms with Crippen LogP contribution >= 0.6 is 11.3 Å². The molecule has 223 valence electrons. The van der Waals surface area contributed by atoms with Crippen LogP contribution < -0.4 is 21.7 Å². The minimum absolute atomic E-state index is 0. The van der Waals surface area contributed by atoms with Crippen molar-refractivity contribution in [2.75, 3.05) is 7.11 Å². The Balaban J connectivity index is 0.00000400. The van der Waals surface area contributed by atoms with Crippen molar-refractivity contribution in [3.63, 3.8) is 0 Å². The van der Waals surface area contributed by atoms with Crippen LogP contribution in [0.1, 0.15) is 27.7 Å². The first-order chi connectivity index (χ1) is 21.3. The van der Waals surface area contributed by atoms with Gasteiger partial charge in [-0.3, -0.25) is 28.2 Å². The molecule has 0 aliphatic carbocycles. The van der Waals surface area contributed by atoms with Crippen molar-refractivity contribution in [2.24, 2.45) is 0 Å². The van der Waals surface area contributed by atoms with Gasteiger partial charge in [-0.05, 0) is 53.9 Å². The third-order valence-electron chi connectivity index (χ3n) is 7.32. The number of aromatic amines is 1. The Hall–Kier alpha value is -3.72. The first-order valence-corrected chi connectivity index (χ1v) is 14.5. The molecule has 0 bridgehead atoms. The van der Waals surface area contributed by atoms with Gasteiger partial charge in [0.1, 0.15) is 16.4 Å². The number of benzene rings is 3.